The number of aromatic amines is 1. The Morgan fingerprint density at radius 3 is 2.35 bits per heavy atom. The van der Waals surface area contributed by atoms with Gasteiger partial charge in [0.2, 0.25) is 0 Å². The molecule has 0 radical (unpaired) electrons. The van der Waals surface area contributed by atoms with Crippen molar-refractivity contribution >= 4 is 8.03 Å². The number of unbranched alkanes of at least 4 members (excludes halogenated alkanes) is 5. The van der Waals surface area contributed by atoms with E-state index >= 15 is 0 Å². The fourth-order valence-corrected chi connectivity index (χ4v) is 4.00. The van der Waals surface area contributed by atoms with Crippen molar-refractivity contribution in [2.45, 2.75) is 70.6 Å². The first-order chi connectivity index (χ1) is 12.7. The minimum absolute atomic E-state index is 0.264. The quantitative estimate of drug-likeness (QED) is 0.316. The molecule has 1 heterocycles. The third-order valence-corrected chi connectivity index (χ3v) is 5.70. The summed E-state index contributed by atoms with van der Waals surface area (Å²) in [4.78, 5) is 12.4. The lowest BCUT2D eigenvalue weighted by Gasteiger charge is -2.14. The van der Waals surface area contributed by atoms with Crippen LogP contribution in [-0.2, 0) is 17.4 Å². The molecule has 2 N–H and O–H groups in total. The lowest BCUT2D eigenvalue weighted by Crippen LogP contribution is -2.05. The predicted molar refractivity (Wildman–Crippen MR) is 110 cm³/mol. The molecule has 0 saturated heterocycles. The van der Waals surface area contributed by atoms with E-state index in [4.69, 9.17) is 4.89 Å². The number of aryl methyl sites for hydroxylation is 1. The monoisotopic (exact) mass is 374 g/mol. The highest BCUT2D eigenvalue weighted by Gasteiger charge is 2.19. The van der Waals surface area contributed by atoms with Crippen molar-refractivity contribution in [3.8, 4) is 0 Å². The number of rotatable bonds is 13. The maximum absolute atomic E-state index is 11.1. The van der Waals surface area contributed by atoms with Crippen molar-refractivity contribution in [1.29, 1.82) is 0 Å². The molecule has 0 aliphatic carbocycles. The maximum atomic E-state index is 11.1. The van der Waals surface area contributed by atoms with Crippen molar-refractivity contribution in [3.05, 3.63) is 59.4 Å². The Hall–Kier alpha value is -1.44. The Morgan fingerprint density at radius 1 is 1.00 bits per heavy atom. The van der Waals surface area contributed by atoms with E-state index in [9.17, 15) is 4.57 Å². The number of benzene rings is 1. The molecule has 0 aliphatic heterocycles. The van der Waals surface area contributed by atoms with Gasteiger partial charge < -0.3 is 4.98 Å². The summed E-state index contributed by atoms with van der Waals surface area (Å²) < 4.78 is 11.1. The van der Waals surface area contributed by atoms with Crippen molar-refractivity contribution in [2.24, 2.45) is 0 Å². The van der Waals surface area contributed by atoms with Crippen LogP contribution in [0.4, 0.5) is 0 Å². The number of hydrogen-bond acceptors (Lipinski definition) is 1. The summed E-state index contributed by atoms with van der Waals surface area (Å²) in [5.41, 5.74) is 3.86. The third-order valence-electron chi connectivity index (χ3n) is 5.05. The Kier molecular flexibility index (Phi) is 9.66. The van der Waals surface area contributed by atoms with Gasteiger partial charge in [-0.1, -0.05) is 63.3 Å². The lowest BCUT2D eigenvalue weighted by molar-refractivity contribution is 0.496. The van der Waals surface area contributed by atoms with Crippen molar-refractivity contribution in [3.63, 3.8) is 0 Å². The van der Waals surface area contributed by atoms with Crippen LogP contribution in [0.1, 0.15) is 74.6 Å². The van der Waals surface area contributed by atoms with E-state index in [2.05, 4.69) is 42.2 Å². The Morgan fingerprint density at radius 2 is 1.69 bits per heavy atom. The SMILES string of the molecule is CCCCCCCCc1ccc(CC(CC[P+](=O)O)c2ccc[nH]2)cc1. The van der Waals surface area contributed by atoms with Crippen LogP contribution < -0.4 is 0 Å². The van der Waals surface area contributed by atoms with Crippen LogP contribution in [0.15, 0.2) is 42.6 Å². The molecule has 1 aromatic heterocycles. The molecule has 142 valence electrons. The molecule has 0 spiro atoms. The second-order valence-corrected chi connectivity index (χ2v) is 8.38. The van der Waals surface area contributed by atoms with E-state index in [0.29, 0.717) is 6.16 Å². The Balaban J connectivity index is 1.82. The van der Waals surface area contributed by atoms with Crippen LogP contribution in [-0.4, -0.2) is 16.0 Å². The molecule has 0 aliphatic rings. The summed E-state index contributed by atoms with van der Waals surface area (Å²) in [5, 5.41) is 0. The van der Waals surface area contributed by atoms with Crippen LogP contribution in [0.25, 0.3) is 0 Å². The van der Waals surface area contributed by atoms with Crippen molar-refractivity contribution in [1.82, 2.24) is 4.98 Å². The van der Waals surface area contributed by atoms with Crippen molar-refractivity contribution < 1.29 is 9.46 Å². The maximum Gasteiger partial charge on any atom is 0.505 e. The molecule has 0 saturated carbocycles. The molecule has 3 nitrogen and oxygen atoms in total. The van der Waals surface area contributed by atoms with Crippen LogP contribution in [0.2, 0.25) is 0 Å². The number of nitrogens with one attached hydrogen (secondary N) is 1. The van der Waals surface area contributed by atoms with Crippen molar-refractivity contribution in [2.75, 3.05) is 6.16 Å². The van der Waals surface area contributed by atoms with E-state index in [1.807, 2.05) is 12.3 Å². The van der Waals surface area contributed by atoms with Gasteiger partial charge in [-0.25, -0.2) is 0 Å². The summed E-state index contributed by atoms with van der Waals surface area (Å²) in [6, 6.07) is 13.0. The lowest BCUT2D eigenvalue weighted by atomic mass is 9.93. The van der Waals surface area contributed by atoms with Crippen LogP contribution in [0.5, 0.6) is 0 Å². The van der Waals surface area contributed by atoms with E-state index in [1.165, 1.54) is 49.7 Å². The highest BCUT2D eigenvalue weighted by atomic mass is 31.1. The first-order valence-electron chi connectivity index (χ1n) is 10.0. The smallest absolute Gasteiger partial charge is 0.365 e. The Bertz CT molecular complexity index is 622. The summed E-state index contributed by atoms with van der Waals surface area (Å²) in [5.74, 6) is 0.264. The van der Waals surface area contributed by atoms with Gasteiger partial charge in [0.1, 0.15) is 0 Å². The first-order valence-corrected chi connectivity index (χ1v) is 11.4. The van der Waals surface area contributed by atoms with Gasteiger partial charge in [0, 0.05) is 24.2 Å². The highest BCUT2D eigenvalue weighted by Crippen LogP contribution is 2.28. The molecular weight excluding hydrogens is 341 g/mol. The van der Waals surface area contributed by atoms with E-state index in [0.717, 1.165) is 25.0 Å². The number of hydrogen-bond donors (Lipinski definition) is 2. The molecular formula is C22H33NO2P+. The van der Waals surface area contributed by atoms with Gasteiger partial charge in [-0.05, 0) is 47.1 Å². The topological polar surface area (TPSA) is 53.1 Å². The second-order valence-electron chi connectivity index (χ2n) is 7.23. The van der Waals surface area contributed by atoms with Gasteiger partial charge in [0.05, 0.1) is 0 Å². The Labute approximate surface area is 159 Å². The summed E-state index contributed by atoms with van der Waals surface area (Å²) in [6.07, 6.45) is 13.1. The van der Waals surface area contributed by atoms with Crippen LogP contribution >= 0.6 is 8.03 Å². The van der Waals surface area contributed by atoms with Crippen LogP contribution in [0, 0.1) is 0 Å². The minimum Gasteiger partial charge on any atom is -0.365 e. The molecule has 2 atom stereocenters. The summed E-state index contributed by atoms with van der Waals surface area (Å²) >= 11 is 0. The zero-order valence-corrected chi connectivity index (χ0v) is 16.9. The standard InChI is InChI=1S/C22H32NO2P/c1-2-3-4-5-6-7-9-19-11-13-20(14-12-19)18-21(15-17-26(24)25)22-10-8-16-23-22/h8,10-14,16,21,23H,2-7,9,15,17-18H2,1H3/p+1. The molecule has 0 amide bonds. The first kappa shape index (κ1) is 20.9. The molecule has 4 heteroatoms. The molecule has 1 aromatic carbocycles. The zero-order chi connectivity index (χ0) is 18.6. The highest BCUT2D eigenvalue weighted by molar-refractivity contribution is 7.37. The predicted octanol–water partition coefficient (Wildman–Crippen LogP) is 6.37. The second kappa shape index (κ2) is 12.0. The van der Waals surface area contributed by atoms with Gasteiger partial charge in [-0.3, -0.25) is 0 Å². The summed E-state index contributed by atoms with van der Waals surface area (Å²) in [6.45, 7) is 2.26. The van der Waals surface area contributed by atoms with Gasteiger partial charge >= 0.3 is 8.03 Å². The molecule has 0 fully saturated rings. The average Bonchev–Trinajstić information content (AvgIpc) is 3.17. The van der Waals surface area contributed by atoms with E-state index in [1.54, 1.807) is 0 Å². The molecule has 2 rings (SSSR count). The molecule has 2 unspecified atom stereocenters. The fraction of sp³-hybridized carbons (Fsp3) is 0.545. The van der Waals surface area contributed by atoms with Gasteiger partial charge in [0.25, 0.3) is 0 Å². The zero-order valence-electron chi connectivity index (χ0n) is 16.0. The molecule has 26 heavy (non-hydrogen) atoms. The number of aromatic nitrogens is 1. The summed E-state index contributed by atoms with van der Waals surface area (Å²) in [7, 11) is -2.07. The van der Waals surface area contributed by atoms with Crippen LogP contribution in [0.3, 0.4) is 0 Å². The molecule has 2 aromatic rings. The minimum atomic E-state index is -2.07. The largest absolute Gasteiger partial charge is 0.505 e. The number of H-pyrrole nitrogens is 1. The van der Waals surface area contributed by atoms with Gasteiger partial charge in [-0.2, -0.15) is 4.89 Å². The third kappa shape index (κ3) is 7.85. The van der Waals surface area contributed by atoms with E-state index in [-0.39, 0.29) is 5.92 Å². The van der Waals surface area contributed by atoms with E-state index < -0.39 is 8.03 Å². The average molecular weight is 374 g/mol. The normalized spacial score (nSPS) is 12.9. The van der Waals surface area contributed by atoms with Gasteiger partial charge in [0.15, 0.2) is 6.16 Å². The fourth-order valence-electron chi connectivity index (χ4n) is 3.47. The van der Waals surface area contributed by atoms with Gasteiger partial charge in [-0.15, -0.1) is 0 Å². The molecule has 0 bridgehead atoms.